The zero-order chi connectivity index (χ0) is 22.3. The molecular weight excluding hydrogens is 440 g/mol. The average molecular weight is 467 g/mol. The van der Waals surface area contributed by atoms with E-state index in [1.54, 1.807) is 22.3 Å². The molecule has 2 amide bonds. The number of carbonyl (C=O) groups excluding carboxylic acids is 2. The topological polar surface area (TPSA) is 49.4 Å². The van der Waals surface area contributed by atoms with Crippen molar-refractivity contribution in [2.75, 3.05) is 0 Å². The molecule has 0 unspecified atom stereocenters. The van der Waals surface area contributed by atoms with Crippen LogP contribution in [0.3, 0.4) is 0 Å². The first-order chi connectivity index (χ1) is 15.6. The highest BCUT2D eigenvalue weighted by molar-refractivity contribution is 7.10. The third-order valence-electron chi connectivity index (χ3n) is 5.88. The van der Waals surface area contributed by atoms with Crippen molar-refractivity contribution in [3.63, 3.8) is 0 Å². The molecule has 1 heterocycles. The SMILES string of the molecule is O=C(NC1CCCC1)[C@@H](c1ccccc1Cl)N(Cc1ccccc1)C(=O)Cc1cccs1. The number of benzene rings is 2. The van der Waals surface area contributed by atoms with Gasteiger partial charge in [0.25, 0.3) is 0 Å². The Kier molecular flexibility index (Phi) is 7.61. The van der Waals surface area contributed by atoms with Crippen LogP contribution in [0.4, 0.5) is 0 Å². The van der Waals surface area contributed by atoms with Crippen molar-refractivity contribution >= 4 is 34.8 Å². The Morgan fingerprint density at radius 3 is 2.41 bits per heavy atom. The highest BCUT2D eigenvalue weighted by atomic mass is 35.5. The van der Waals surface area contributed by atoms with Gasteiger partial charge in [-0.25, -0.2) is 0 Å². The van der Waals surface area contributed by atoms with Crippen LogP contribution in [0.1, 0.15) is 47.7 Å². The summed E-state index contributed by atoms with van der Waals surface area (Å²) in [5, 5.41) is 5.64. The van der Waals surface area contributed by atoms with Crippen molar-refractivity contribution in [3.05, 3.63) is 93.1 Å². The lowest BCUT2D eigenvalue weighted by Crippen LogP contribution is -2.46. The Hall–Kier alpha value is -2.63. The van der Waals surface area contributed by atoms with Crippen molar-refractivity contribution in [1.29, 1.82) is 0 Å². The molecule has 166 valence electrons. The van der Waals surface area contributed by atoms with E-state index in [1.165, 1.54) is 0 Å². The van der Waals surface area contributed by atoms with Crippen LogP contribution in [-0.2, 0) is 22.6 Å². The van der Waals surface area contributed by atoms with E-state index in [4.69, 9.17) is 11.6 Å². The van der Waals surface area contributed by atoms with Crippen LogP contribution in [-0.4, -0.2) is 22.8 Å². The molecule has 0 bridgehead atoms. The maximum Gasteiger partial charge on any atom is 0.247 e. The number of carbonyl (C=O) groups is 2. The molecule has 1 fully saturated rings. The molecule has 0 radical (unpaired) electrons. The molecule has 6 heteroatoms. The van der Waals surface area contributed by atoms with Gasteiger partial charge in [0.15, 0.2) is 0 Å². The van der Waals surface area contributed by atoms with Crippen LogP contribution < -0.4 is 5.32 Å². The zero-order valence-corrected chi connectivity index (χ0v) is 19.4. The first-order valence-corrected chi connectivity index (χ1v) is 12.3. The van der Waals surface area contributed by atoms with Gasteiger partial charge in [-0.05, 0) is 35.9 Å². The molecule has 4 nitrogen and oxygen atoms in total. The van der Waals surface area contributed by atoms with E-state index in [0.29, 0.717) is 17.1 Å². The largest absolute Gasteiger partial charge is 0.351 e. The van der Waals surface area contributed by atoms with E-state index in [1.807, 2.05) is 66.0 Å². The monoisotopic (exact) mass is 466 g/mol. The number of nitrogens with one attached hydrogen (secondary N) is 1. The summed E-state index contributed by atoms with van der Waals surface area (Å²) in [5.41, 5.74) is 1.62. The molecular formula is C26H27ClN2O2S. The van der Waals surface area contributed by atoms with Crippen molar-refractivity contribution in [2.45, 2.75) is 50.7 Å². The van der Waals surface area contributed by atoms with Gasteiger partial charge in [0.1, 0.15) is 6.04 Å². The second-order valence-electron chi connectivity index (χ2n) is 8.18. The van der Waals surface area contributed by atoms with Gasteiger partial charge in [-0.15, -0.1) is 11.3 Å². The highest BCUT2D eigenvalue weighted by Crippen LogP contribution is 2.31. The second-order valence-corrected chi connectivity index (χ2v) is 9.62. The second kappa shape index (κ2) is 10.8. The number of amides is 2. The molecule has 1 N–H and O–H groups in total. The Bertz CT molecular complexity index is 1030. The summed E-state index contributed by atoms with van der Waals surface area (Å²) in [7, 11) is 0. The molecule has 4 rings (SSSR count). The molecule has 0 aliphatic heterocycles. The first kappa shape index (κ1) is 22.6. The van der Waals surface area contributed by atoms with E-state index >= 15 is 0 Å². The van der Waals surface area contributed by atoms with Crippen LogP contribution in [0.15, 0.2) is 72.1 Å². The van der Waals surface area contributed by atoms with Crippen LogP contribution in [0.25, 0.3) is 0 Å². The molecule has 1 aliphatic carbocycles. The van der Waals surface area contributed by atoms with E-state index in [-0.39, 0.29) is 24.3 Å². The van der Waals surface area contributed by atoms with Gasteiger partial charge in [0.05, 0.1) is 6.42 Å². The third-order valence-corrected chi connectivity index (χ3v) is 7.10. The fourth-order valence-corrected chi connectivity index (χ4v) is 5.20. The summed E-state index contributed by atoms with van der Waals surface area (Å²) in [6.45, 7) is 0.332. The molecule has 1 aliphatic rings. The Labute approximate surface area is 198 Å². The number of hydrogen-bond acceptors (Lipinski definition) is 3. The maximum absolute atomic E-state index is 13.6. The van der Waals surface area contributed by atoms with Crippen LogP contribution >= 0.6 is 22.9 Å². The van der Waals surface area contributed by atoms with Crippen LogP contribution in [0, 0.1) is 0 Å². The lowest BCUT2D eigenvalue weighted by atomic mass is 10.0. The number of nitrogens with zero attached hydrogens (tertiary/aromatic N) is 1. The van der Waals surface area contributed by atoms with Gasteiger partial charge in [0.2, 0.25) is 11.8 Å². The minimum absolute atomic E-state index is 0.0946. The Morgan fingerprint density at radius 1 is 1.00 bits per heavy atom. The zero-order valence-electron chi connectivity index (χ0n) is 17.9. The fraction of sp³-hybridized carbons (Fsp3) is 0.308. The standard InChI is InChI=1S/C26H27ClN2O2S/c27-23-15-7-6-14-22(23)25(26(31)28-20-11-4-5-12-20)29(18-19-9-2-1-3-10-19)24(30)17-21-13-8-16-32-21/h1-3,6-10,13-16,20,25H,4-5,11-12,17-18H2,(H,28,31)/t25-/m1/s1. The minimum atomic E-state index is -0.794. The van der Waals surface area contributed by atoms with Crippen molar-refractivity contribution in [2.24, 2.45) is 0 Å². The van der Waals surface area contributed by atoms with Crippen molar-refractivity contribution in [1.82, 2.24) is 10.2 Å². The summed E-state index contributed by atoms with van der Waals surface area (Å²) in [4.78, 5) is 29.9. The van der Waals surface area contributed by atoms with E-state index in [2.05, 4.69) is 5.32 Å². The van der Waals surface area contributed by atoms with Gasteiger partial charge in [-0.2, -0.15) is 0 Å². The molecule has 0 spiro atoms. The number of thiophene rings is 1. The highest BCUT2D eigenvalue weighted by Gasteiger charge is 2.34. The third kappa shape index (κ3) is 5.59. The first-order valence-electron chi connectivity index (χ1n) is 11.0. The Morgan fingerprint density at radius 2 is 1.72 bits per heavy atom. The smallest absolute Gasteiger partial charge is 0.247 e. The molecule has 1 saturated carbocycles. The van der Waals surface area contributed by atoms with Crippen LogP contribution in [0.2, 0.25) is 5.02 Å². The normalized spacial score (nSPS) is 14.8. The predicted octanol–water partition coefficient (Wildman–Crippen LogP) is 5.77. The molecule has 2 aromatic carbocycles. The van der Waals surface area contributed by atoms with Gasteiger partial charge in [0, 0.05) is 28.0 Å². The molecule has 3 aromatic rings. The molecule has 0 saturated heterocycles. The fourth-order valence-electron chi connectivity index (χ4n) is 4.27. The summed E-state index contributed by atoms with van der Waals surface area (Å²) in [5.74, 6) is -0.261. The number of rotatable bonds is 8. The lowest BCUT2D eigenvalue weighted by molar-refractivity contribution is -0.141. The quantitative estimate of drug-likeness (QED) is 0.458. The summed E-state index contributed by atoms with van der Waals surface area (Å²) in [6.07, 6.45) is 4.44. The lowest BCUT2D eigenvalue weighted by Gasteiger charge is -2.33. The van der Waals surface area contributed by atoms with E-state index in [0.717, 1.165) is 36.1 Å². The number of hydrogen-bond donors (Lipinski definition) is 1. The average Bonchev–Trinajstić information content (AvgIpc) is 3.50. The van der Waals surface area contributed by atoms with Crippen molar-refractivity contribution in [3.8, 4) is 0 Å². The summed E-state index contributed by atoms with van der Waals surface area (Å²) < 4.78 is 0. The van der Waals surface area contributed by atoms with Gasteiger partial charge in [-0.1, -0.05) is 79.0 Å². The summed E-state index contributed by atoms with van der Waals surface area (Å²) in [6, 6.07) is 20.4. The Balaban J connectivity index is 1.70. The van der Waals surface area contributed by atoms with Crippen LogP contribution in [0.5, 0.6) is 0 Å². The maximum atomic E-state index is 13.6. The van der Waals surface area contributed by atoms with Crippen molar-refractivity contribution < 1.29 is 9.59 Å². The van der Waals surface area contributed by atoms with Gasteiger partial charge >= 0.3 is 0 Å². The van der Waals surface area contributed by atoms with E-state index in [9.17, 15) is 9.59 Å². The van der Waals surface area contributed by atoms with E-state index < -0.39 is 6.04 Å². The predicted molar refractivity (Wildman–Crippen MR) is 130 cm³/mol. The minimum Gasteiger partial charge on any atom is -0.351 e. The van der Waals surface area contributed by atoms with Gasteiger partial charge in [-0.3, -0.25) is 9.59 Å². The number of halogens is 1. The molecule has 32 heavy (non-hydrogen) atoms. The van der Waals surface area contributed by atoms with Gasteiger partial charge < -0.3 is 10.2 Å². The molecule has 1 aromatic heterocycles. The molecule has 1 atom stereocenters. The summed E-state index contributed by atoms with van der Waals surface area (Å²) >= 11 is 8.10.